The monoisotopic (exact) mass is 281 g/mol. The normalized spacial score (nSPS) is 11.5. The van der Waals surface area contributed by atoms with Gasteiger partial charge in [-0.3, -0.25) is 4.79 Å². The standard InChI is InChI=1S/C16H24ClNO/c1-11-8-12(2)14(13(3)9-11)15(19)18-10-16(4,5)6-7-17/h8-9H,6-7,10H2,1-5H3,(H,18,19). The molecule has 0 aliphatic carbocycles. The van der Waals surface area contributed by atoms with Gasteiger partial charge < -0.3 is 5.32 Å². The van der Waals surface area contributed by atoms with Crippen LogP contribution in [0.15, 0.2) is 12.1 Å². The van der Waals surface area contributed by atoms with Gasteiger partial charge >= 0.3 is 0 Å². The number of alkyl halides is 1. The fourth-order valence-electron chi connectivity index (χ4n) is 2.29. The number of hydrogen-bond acceptors (Lipinski definition) is 1. The van der Waals surface area contributed by atoms with Crippen LogP contribution >= 0.6 is 11.6 Å². The van der Waals surface area contributed by atoms with Gasteiger partial charge in [-0.1, -0.05) is 31.5 Å². The molecule has 0 spiro atoms. The van der Waals surface area contributed by atoms with E-state index in [9.17, 15) is 4.79 Å². The molecular weight excluding hydrogens is 258 g/mol. The lowest BCUT2D eigenvalue weighted by Gasteiger charge is -2.24. The Balaban J connectivity index is 2.80. The van der Waals surface area contributed by atoms with E-state index in [2.05, 4.69) is 19.2 Å². The quantitative estimate of drug-likeness (QED) is 0.812. The summed E-state index contributed by atoms with van der Waals surface area (Å²) in [7, 11) is 0. The van der Waals surface area contributed by atoms with Gasteiger partial charge in [-0.05, 0) is 43.7 Å². The summed E-state index contributed by atoms with van der Waals surface area (Å²) >= 11 is 5.77. The number of amides is 1. The molecule has 0 unspecified atom stereocenters. The first-order valence-electron chi connectivity index (χ1n) is 6.69. The molecule has 0 aliphatic heterocycles. The van der Waals surface area contributed by atoms with Crippen LogP contribution in [0.5, 0.6) is 0 Å². The molecule has 19 heavy (non-hydrogen) atoms. The van der Waals surface area contributed by atoms with E-state index in [4.69, 9.17) is 11.6 Å². The minimum Gasteiger partial charge on any atom is -0.351 e. The van der Waals surface area contributed by atoms with E-state index < -0.39 is 0 Å². The third-order valence-electron chi connectivity index (χ3n) is 3.40. The van der Waals surface area contributed by atoms with Gasteiger partial charge in [0, 0.05) is 18.0 Å². The van der Waals surface area contributed by atoms with Crippen molar-refractivity contribution in [3.8, 4) is 0 Å². The minimum atomic E-state index is 0.0117. The van der Waals surface area contributed by atoms with E-state index in [0.29, 0.717) is 12.4 Å². The molecule has 0 aliphatic rings. The molecular formula is C16H24ClNO. The van der Waals surface area contributed by atoms with Gasteiger partial charge in [0.1, 0.15) is 0 Å². The second-order valence-electron chi connectivity index (χ2n) is 6.06. The van der Waals surface area contributed by atoms with Crippen molar-refractivity contribution < 1.29 is 4.79 Å². The van der Waals surface area contributed by atoms with Gasteiger partial charge in [-0.15, -0.1) is 11.6 Å². The SMILES string of the molecule is Cc1cc(C)c(C(=O)NCC(C)(C)CCCl)c(C)c1. The fraction of sp³-hybridized carbons (Fsp3) is 0.562. The van der Waals surface area contributed by atoms with Crippen LogP contribution in [-0.2, 0) is 0 Å². The zero-order valence-electron chi connectivity index (χ0n) is 12.6. The second-order valence-corrected chi connectivity index (χ2v) is 6.44. The molecule has 1 aromatic rings. The van der Waals surface area contributed by atoms with Crippen molar-refractivity contribution in [2.75, 3.05) is 12.4 Å². The van der Waals surface area contributed by atoms with E-state index in [1.54, 1.807) is 0 Å². The number of aryl methyl sites for hydroxylation is 3. The molecule has 1 aromatic carbocycles. The Morgan fingerprint density at radius 3 is 2.21 bits per heavy atom. The highest BCUT2D eigenvalue weighted by Gasteiger charge is 2.20. The van der Waals surface area contributed by atoms with Crippen LogP contribution in [0.2, 0.25) is 0 Å². The lowest BCUT2D eigenvalue weighted by molar-refractivity contribution is 0.0934. The molecule has 0 aromatic heterocycles. The molecule has 0 atom stereocenters. The lowest BCUT2D eigenvalue weighted by Crippen LogP contribution is -2.35. The van der Waals surface area contributed by atoms with Crippen LogP contribution in [-0.4, -0.2) is 18.3 Å². The zero-order valence-corrected chi connectivity index (χ0v) is 13.3. The summed E-state index contributed by atoms with van der Waals surface area (Å²) in [5.41, 5.74) is 4.08. The average Bonchev–Trinajstić information content (AvgIpc) is 2.25. The average molecular weight is 282 g/mol. The molecule has 1 rings (SSSR count). The fourth-order valence-corrected chi connectivity index (χ4v) is 2.80. The first-order valence-corrected chi connectivity index (χ1v) is 7.22. The predicted octanol–water partition coefficient (Wildman–Crippen LogP) is 4.00. The highest BCUT2D eigenvalue weighted by atomic mass is 35.5. The third-order valence-corrected chi connectivity index (χ3v) is 3.59. The van der Waals surface area contributed by atoms with Crippen molar-refractivity contribution in [1.82, 2.24) is 5.32 Å². The number of nitrogens with one attached hydrogen (secondary N) is 1. The Labute approximate surface area is 121 Å². The Morgan fingerprint density at radius 1 is 1.21 bits per heavy atom. The maximum absolute atomic E-state index is 12.3. The molecule has 0 heterocycles. The van der Waals surface area contributed by atoms with Crippen LogP contribution in [0, 0.1) is 26.2 Å². The zero-order chi connectivity index (χ0) is 14.6. The number of hydrogen-bond donors (Lipinski definition) is 1. The molecule has 1 amide bonds. The van der Waals surface area contributed by atoms with Crippen LogP contribution in [0.25, 0.3) is 0 Å². The highest BCUT2D eigenvalue weighted by Crippen LogP contribution is 2.21. The van der Waals surface area contributed by atoms with Crippen molar-refractivity contribution in [2.45, 2.75) is 41.0 Å². The molecule has 0 fully saturated rings. The summed E-state index contributed by atoms with van der Waals surface area (Å²) in [6, 6.07) is 4.09. The van der Waals surface area contributed by atoms with E-state index in [0.717, 1.165) is 23.1 Å². The molecule has 0 radical (unpaired) electrons. The van der Waals surface area contributed by atoms with Crippen molar-refractivity contribution in [2.24, 2.45) is 5.41 Å². The van der Waals surface area contributed by atoms with Gasteiger partial charge in [-0.25, -0.2) is 0 Å². The highest BCUT2D eigenvalue weighted by molar-refractivity contribution is 6.17. The largest absolute Gasteiger partial charge is 0.351 e. The molecule has 0 saturated heterocycles. The number of carbonyl (C=O) groups excluding carboxylic acids is 1. The predicted molar refractivity (Wildman–Crippen MR) is 82.1 cm³/mol. The van der Waals surface area contributed by atoms with Gasteiger partial charge in [0.2, 0.25) is 0 Å². The van der Waals surface area contributed by atoms with Crippen LogP contribution in [0.3, 0.4) is 0 Å². The minimum absolute atomic E-state index is 0.0117. The van der Waals surface area contributed by atoms with Crippen molar-refractivity contribution in [3.05, 3.63) is 34.4 Å². The maximum Gasteiger partial charge on any atom is 0.251 e. The van der Waals surface area contributed by atoms with E-state index in [1.807, 2.05) is 32.9 Å². The number of benzene rings is 1. The number of halogens is 1. The summed E-state index contributed by atoms with van der Waals surface area (Å²) in [6.07, 6.45) is 0.890. The molecule has 0 bridgehead atoms. The third kappa shape index (κ3) is 4.54. The van der Waals surface area contributed by atoms with Crippen molar-refractivity contribution in [1.29, 1.82) is 0 Å². The van der Waals surface area contributed by atoms with Gasteiger partial charge in [0.05, 0.1) is 0 Å². The van der Waals surface area contributed by atoms with E-state index in [-0.39, 0.29) is 11.3 Å². The first kappa shape index (κ1) is 16.0. The Hall–Kier alpha value is -1.02. The Kier molecular flexibility index (Phi) is 5.42. The summed E-state index contributed by atoms with van der Waals surface area (Å²) < 4.78 is 0. The number of carbonyl (C=O) groups is 1. The first-order chi connectivity index (χ1) is 8.76. The van der Waals surface area contributed by atoms with Crippen LogP contribution in [0.4, 0.5) is 0 Å². The van der Waals surface area contributed by atoms with Gasteiger partial charge in [0.15, 0.2) is 0 Å². The molecule has 1 N–H and O–H groups in total. The number of rotatable bonds is 5. The molecule has 3 heteroatoms. The maximum atomic E-state index is 12.3. The van der Waals surface area contributed by atoms with Gasteiger partial charge in [-0.2, -0.15) is 0 Å². The van der Waals surface area contributed by atoms with E-state index >= 15 is 0 Å². The van der Waals surface area contributed by atoms with Crippen molar-refractivity contribution >= 4 is 17.5 Å². The van der Waals surface area contributed by atoms with Crippen LogP contribution in [0.1, 0.15) is 47.3 Å². The Bertz CT molecular complexity index is 443. The summed E-state index contributed by atoms with van der Waals surface area (Å²) in [5.74, 6) is 0.628. The molecule has 2 nitrogen and oxygen atoms in total. The Morgan fingerprint density at radius 2 is 1.74 bits per heavy atom. The van der Waals surface area contributed by atoms with Crippen LogP contribution < -0.4 is 5.32 Å². The second kappa shape index (κ2) is 6.42. The summed E-state index contributed by atoms with van der Waals surface area (Å²) in [5, 5.41) is 3.03. The lowest BCUT2D eigenvalue weighted by atomic mass is 9.90. The molecule has 0 saturated carbocycles. The smallest absolute Gasteiger partial charge is 0.251 e. The summed E-state index contributed by atoms with van der Waals surface area (Å²) in [6.45, 7) is 10.9. The van der Waals surface area contributed by atoms with Gasteiger partial charge in [0.25, 0.3) is 5.91 Å². The molecule has 106 valence electrons. The summed E-state index contributed by atoms with van der Waals surface area (Å²) in [4.78, 5) is 12.3. The van der Waals surface area contributed by atoms with Crippen molar-refractivity contribution in [3.63, 3.8) is 0 Å². The topological polar surface area (TPSA) is 29.1 Å². The van der Waals surface area contributed by atoms with E-state index in [1.165, 1.54) is 5.56 Å².